The normalized spacial score (nSPS) is 21.4. The Kier molecular flexibility index (Phi) is 3.70. The number of hydrogen-bond donors (Lipinski definition) is 1. The Morgan fingerprint density at radius 1 is 1.25 bits per heavy atom. The minimum atomic E-state index is -0.449. The van der Waals surface area contributed by atoms with Crippen LogP contribution in [-0.2, 0) is 9.47 Å². The van der Waals surface area contributed by atoms with Crippen molar-refractivity contribution in [1.82, 2.24) is 4.90 Å². The highest BCUT2D eigenvalue weighted by molar-refractivity contribution is 9.10. The molecule has 0 aliphatic carbocycles. The second kappa shape index (κ2) is 5.35. The summed E-state index contributed by atoms with van der Waals surface area (Å²) in [5, 5.41) is 0. The van der Waals surface area contributed by atoms with Crippen molar-refractivity contribution >= 4 is 27.5 Å². The number of ether oxygens (including phenoxy) is 2. The van der Waals surface area contributed by atoms with E-state index in [1.807, 2.05) is 4.90 Å². The number of hydrogen-bond acceptors (Lipinski definition) is 4. The molecule has 108 valence electrons. The Hall–Kier alpha value is -1.11. The molecule has 0 aromatic heterocycles. The van der Waals surface area contributed by atoms with E-state index in [1.54, 1.807) is 18.2 Å². The molecule has 2 heterocycles. The van der Waals surface area contributed by atoms with Gasteiger partial charge in [0.2, 0.25) is 0 Å². The summed E-state index contributed by atoms with van der Waals surface area (Å²) in [6.45, 7) is 2.60. The van der Waals surface area contributed by atoms with Gasteiger partial charge in [-0.3, -0.25) is 4.79 Å². The molecule has 20 heavy (non-hydrogen) atoms. The topological polar surface area (TPSA) is 64.8 Å². The minimum Gasteiger partial charge on any atom is -0.398 e. The lowest BCUT2D eigenvalue weighted by molar-refractivity contribution is -0.181. The highest BCUT2D eigenvalue weighted by Crippen LogP contribution is 2.32. The summed E-state index contributed by atoms with van der Waals surface area (Å²) in [6, 6.07) is 5.30. The lowest BCUT2D eigenvalue weighted by Crippen LogP contribution is -2.47. The molecule has 2 fully saturated rings. The second-order valence-corrected chi connectivity index (χ2v) is 5.99. The fourth-order valence-corrected chi connectivity index (χ4v) is 2.94. The minimum absolute atomic E-state index is 0.0112. The number of halogens is 1. The van der Waals surface area contributed by atoms with Crippen LogP contribution < -0.4 is 5.73 Å². The third-order valence-corrected chi connectivity index (χ3v) is 4.59. The van der Waals surface area contributed by atoms with E-state index >= 15 is 0 Å². The molecule has 6 heteroatoms. The van der Waals surface area contributed by atoms with E-state index in [0.29, 0.717) is 37.6 Å². The van der Waals surface area contributed by atoms with Gasteiger partial charge in [0.1, 0.15) is 0 Å². The number of likely N-dealkylation sites (tertiary alicyclic amines) is 1. The highest BCUT2D eigenvalue weighted by atomic mass is 79.9. The van der Waals surface area contributed by atoms with Gasteiger partial charge in [-0.25, -0.2) is 0 Å². The molecule has 2 aliphatic heterocycles. The van der Waals surface area contributed by atoms with Crippen LogP contribution in [0.3, 0.4) is 0 Å². The molecule has 1 aromatic rings. The Morgan fingerprint density at radius 2 is 1.90 bits per heavy atom. The Bertz CT molecular complexity index is 519. The number of benzene rings is 1. The smallest absolute Gasteiger partial charge is 0.253 e. The average Bonchev–Trinajstić information content (AvgIpc) is 2.90. The zero-order valence-corrected chi connectivity index (χ0v) is 12.7. The van der Waals surface area contributed by atoms with E-state index in [2.05, 4.69) is 15.9 Å². The predicted molar refractivity (Wildman–Crippen MR) is 78.3 cm³/mol. The van der Waals surface area contributed by atoms with E-state index < -0.39 is 5.79 Å². The van der Waals surface area contributed by atoms with Gasteiger partial charge in [-0.05, 0) is 34.1 Å². The van der Waals surface area contributed by atoms with Gasteiger partial charge in [0, 0.05) is 41.7 Å². The summed E-state index contributed by atoms with van der Waals surface area (Å²) < 4.78 is 12.1. The first-order chi connectivity index (χ1) is 9.60. The molecule has 5 nitrogen and oxygen atoms in total. The standard InChI is InChI=1S/C14H17BrN2O3/c15-11-2-1-10(9-12(11)16)13(18)17-5-3-14(4-6-17)19-7-8-20-14/h1-2,9H,3-8,16H2. The Balaban J connectivity index is 1.68. The molecule has 0 unspecified atom stereocenters. The molecule has 2 saturated heterocycles. The molecule has 2 N–H and O–H groups in total. The molecular formula is C14H17BrN2O3. The maximum absolute atomic E-state index is 12.4. The summed E-state index contributed by atoms with van der Waals surface area (Å²) in [7, 11) is 0. The van der Waals surface area contributed by atoms with Gasteiger partial charge in [0.15, 0.2) is 5.79 Å². The third kappa shape index (κ3) is 2.55. The first kappa shape index (κ1) is 13.9. The maximum Gasteiger partial charge on any atom is 0.253 e. The molecule has 2 aliphatic rings. The van der Waals surface area contributed by atoms with Crippen LogP contribution in [0.25, 0.3) is 0 Å². The van der Waals surface area contributed by atoms with Gasteiger partial charge in [0.05, 0.1) is 13.2 Å². The lowest BCUT2D eigenvalue weighted by Gasteiger charge is -2.37. The number of piperidine rings is 1. The van der Waals surface area contributed by atoms with Crippen LogP contribution in [0.4, 0.5) is 5.69 Å². The molecule has 1 aromatic carbocycles. The number of carbonyl (C=O) groups excluding carboxylic acids is 1. The van der Waals surface area contributed by atoms with E-state index in [4.69, 9.17) is 15.2 Å². The largest absolute Gasteiger partial charge is 0.398 e. The Morgan fingerprint density at radius 3 is 2.50 bits per heavy atom. The van der Waals surface area contributed by atoms with Crippen LogP contribution >= 0.6 is 15.9 Å². The second-order valence-electron chi connectivity index (χ2n) is 5.14. The van der Waals surface area contributed by atoms with Crippen LogP contribution in [-0.4, -0.2) is 42.9 Å². The molecule has 1 amide bonds. The summed E-state index contributed by atoms with van der Waals surface area (Å²) in [6.07, 6.45) is 1.45. The van der Waals surface area contributed by atoms with Gasteiger partial charge in [-0.15, -0.1) is 0 Å². The molecule has 3 rings (SSSR count). The van der Waals surface area contributed by atoms with Crippen molar-refractivity contribution in [3.05, 3.63) is 28.2 Å². The summed E-state index contributed by atoms with van der Waals surface area (Å²) in [5.74, 6) is -0.438. The van der Waals surface area contributed by atoms with Crippen molar-refractivity contribution in [2.24, 2.45) is 0 Å². The molecule has 0 atom stereocenters. The average molecular weight is 341 g/mol. The van der Waals surface area contributed by atoms with Crippen molar-refractivity contribution in [3.63, 3.8) is 0 Å². The zero-order valence-electron chi connectivity index (χ0n) is 11.1. The van der Waals surface area contributed by atoms with Crippen LogP contribution in [0, 0.1) is 0 Å². The number of carbonyl (C=O) groups is 1. The summed E-state index contributed by atoms with van der Waals surface area (Å²) in [4.78, 5) is 14.3. The van der Waals surface area contributed by atoms with Gasteiger partial charge in [0.25, 0.3) is 5.91 Å². The molecule has 0 radical (unpaired) electrons. The van der Waals surface area contributed by atoms with Crippen molar-refractivity contribution in [2.45, 2.75) is 18.6 Å². The fraction of sp³-hybridized carbons (Fsp3) is 0.500. The van der Waals surface area contributed by atoms with Gasteiger partial charge >= 0.3 is 0 Å². The van der Waals surface area contributed by atoms with Gasteiger partial charge in [-0.1, -0.05) is 0 Å². The summed E-state index contributed by atoms with van der Waals surface area (Å²) in [5.41, 5.74) is 7.02. The number of nitrogens with two attached hydrogens (primary N) is 1. The quantitative estimate of drug-likeness (QED) is 0.794. The van der Waals surface area contributed by atoms with Crippen LogP contribution in [0.2, 0.25) is 0 Å². The lowest BCUT2D eigenvalue weighted by atomic mass is 10.0. The van der Waals surface area contributed by atoms with E-state index in [9.17, 15) is 4.79 Å². The number of anilines is 1. The summed E-state index contributed by atoms with van der Waals surface area (Å²) >= 11 is 3.33. The first-order valence-corrected chi connectivity index (χ1v) is 7.51. The van der Waals surface area contributed by atoms with E-state index in [1.165, 1.54) is 0 Å². The van der Waals surface area contributed by atoms with Crippen LogP contribution in [0.15, 0.2) is 22.7 Å². The Labute approximate surface area is 126 Å². The number of rotatable bonds is 1. The number of amides is 1. The van der Waals surface area contributed by atoms with Crippen molar-refractivity contribution in [1.29, 1.82) is 0 Å². The van der Waals surface area contributed by atoms with E-state index in [-0.39, 0.29) is 5.91 Å². The zero-order chi connectivity index (χ0) is 14.2. The fourth-order valence-electron chi connectivity index (χ4n) is 2.70. The number of nitrogen functional groups attached to an aromatic ring is 1. The first-order valence-electron chi connectivity index (χ1n) is 6.72. The van der Waals surface area contributed by atoms with Crippen molar-refractivity contribution < 1.29 is 14.3 Å². The van der Waals surface area contributed by atoms with Gasteiger partial charge < -0.3 is 20.1 Å². The van der Waals surface area contributed by atoms with Gasteiger partial charge in [-0.2, -0.15) is 0 Å². The van der Waals surface area contributed by atoms with Crippen molar-refractivity contribution in [3.8, 4) is 0 Å². The van der Waals surface area contributed by atoms with Crippen LogP contribution in [0.1, 0.15) is 23.2 Å². The predicted octanol–water partition coefficient (Wildman–Crippen LogP) is 2.01. The highest BCUT2D eigenvalue weighted by Gasteiger charge is 2.40. The van der Waals surface area contributed by atoms with E-state index in [0.717, 1.165) is 17.3 Å². The third-order valence-electron chi connectivity index (χ3n) is 3.87. The molecular weight excluding hydrogens is 324 g/mol. The van der Waals surface area contributed by atoms with Crippen LogP contribution in [0.5, 0.6) is 0 Å². The monoisotopic (exact) mass is 340 g/mol. The molecule has 0 saturated carbocycles. The van der Waals surface area contributed by atoms with Crippen molar-refractivity contribution in [2.75, 3.05) is 32.0 Å². The maximum atomic E-state index is 12.4. The SMILES string of the molecule is Nc1cc(C(=O)N2CCC3(CC2)OCCO3)ccc1Br. The number of nitrogens with zero attached hydrogens (tertiary/aromatic N) is 1. The molecule has 0 bridgehead atoms. The molecule has 1 spiro atoms.